The summed E-state index contributed by atoms with van der Waals surface area (Å²) >= 11 is 0. The number of rotatable bonds is 8. The molecule has 2 aromatic heterocycles. The molecule has 4 heterocycles. The molecular weight excluding hydrogens is 464 g/mol. The Morgan fingerprint density at radius 3 is 2.69 bits per heavy atom. The molecule has 2 aliphatic rings. The molecule has 1 atom stereocenters. The Morgan fingerprint density at radius 1 is 1.06 bits per heavy atom. The van der Waals surface area contributed by atoms with Crippen LogP contribution in [0, 0.1) is 0 Å². The molecule has 11 heteroatoms. The van der Waals surface area contributed by atoms with Gasteiger partial charge in [0.25, 0.3) is 17.7 Å². The van der Waals surface area contributed by atoms with Gasteiger partial charge >= 0.3 is 0 Å². The molecule has 0 bridgehead atoms. The van der Waals surface area contributed by atoms with E-state index in [4.69, 9.17) is 0 Å². The summed E-state index contributed by atoms with van der Waals surface area (Å²) in [5.74, 6) is -2.35. The highest BCUT2D eigenvalue weighted by molar-refractivity contribution is 6.25. The summed E-state index contributed by atoms with van der Waals surface area (Å²) in [6.45, 7) is 0.986. The standard InChI is InChI=1S/C25H24N6O5/c32-19-9-8-18(23(34)30-19)31-24(35)15-6-3-7-16(20(15)25(31)36)26-10-1-2-11-28-22(33)17-13-14-5-4-12-27-21(14)29-17/h3-7,12-13,18,26H,1-2,8-11H2,(H,27,29)(H,28,33)(H,30,32,34). The Labute approximate surface area is 205 Å². The van der Waals surface area contributed by atoms with Crippen LogP contribution in [-0.2, 0) is 9.59 Å². The van der Waals surface area contributed by atoms with Crippen molar-refractivity contribution in [1.82, 2.24) is 25.5 Å². The van der Waals surface area contributed by atoms with Crippen molar-refractivity contribution in [2.45, 2.75) is 31.7 Å². The molecule has 1 aromatic carbocycles. The molecule has 1 saturated heterocycles. The SMILES string of the molecule is O=C1CCC(N2C(=O)c3cccc(NCCCCNC(=O)c4cc5cccnc5[nH]4)c3C2=O)C(=O)N1. The van der Waals surface area contributed by atoms with Crippen LogP contribution in [-0.4, -0.2) is 63.5 Å². The van der Waals surface area contributed by atoms with Gasteiger partial charge in [0.1, 0.15) is 17.4 Å². The molecule has 0 radical (unpaired) electrons. The van der Waals surface area contributed by atoms with Gasteiger partial charge in [0.2, 0.25) is 11.8 Å². The van der Waals surface area contributed by atoms with E-state index < -0.39 is 29.7 Å². The van der Waals surface area contributed by atoms with Crippen LogP contribution in [0.5, 0.6) is 0 Å². The number of hydrogen-bond donors (Lipinski definition) is 4. The molecule has 4 N–H and O–H groups in total. The quantitative estimate of drug-likeness (QED) is 0.277. The first-order valence-corrected chi connectivity index (χ1v) is 11.7. The number of pyridine rings is 1. The Balaban J connectivity index is 1.14. The predicted molar refractivity (Wildman–Crippen MR) is 129 cm³/mol. The maximum absolute atomic E-state index is 13.1. The summed E-state index contributed by atoms with van der Waals surface area (Å²) in [5.41, 5.74) is 2.08. The van der Waals surface area contributed by atoms with E-state index in [0.29, 0.717) is 43.0 Å². The van der Waals surface area contributed by atoms with Crippen molar-refractivity contribution in [1.29, 1.82) is 0 Å². The lowest BCUT2D eigenvalue weighted by atomic mass is 10.0. The highest BCUT2D eigenvalue weighted by Gasteiger charge is 2.45. The Hall–Kier alpha value is -4.54. The van der Waals surface area contributed by atoms with E-state index in [2.05, 4.69) is 25.9 Å². The zero-order chi connectivity index (χ0) is 25.2. The second-order valence-corrected chi connectivity index (χ2v) is 8.69. The number of hydrogen-bond acceptors (Lipinski definition) is 7. The number of benzene rings is 1. The number of unbranched alkanes of at least 4 members (excludes halogenated alkanes) is 1. The summed E-state index contributed by atoms with van der Waals surface area (Å²) in [4.78, 5) is 70.2. The van der Waals surface area contributed by atoms with Gasteiger partial charge in [0, 0.05) is 36.8 Å². The summed E-state index contributed by atoms with van der Waals surface area (Å²) in [6, 6.07) is 9.39. The largest absolute Gasteiger partial charge is 0.384 e. The summed E-state index contributed by atoms with van der Waals surface area (Å²) in [6.07, 6.45) is 3.24. The number of imide groups is 2. The Bertz CT molecular complexity index is 1360. The van der Waals surface area contributed by atoms with Crippen molar-refractivity contribution in [3.8, 4) is 0 Å². The van der Waals surface area contributed by atoms with Gasteiger partial charge in [0.05, 0.1) is 11.1 Å². The number of carbonyl (C=O) groups excluding carboxylic acids is 5. The third-order valence-electron chi connectivity index (χ3n) is 6.31. The fourth-order valence-electron chi connectivity index (χ4n) is 4.51. The van der Waals surface area contributed by atoms with Gasteiger partial charge in [-0.2, -0.15) is 0 Å². The fourth-order valence-corrected chi connectivity index (χ4v) is 4.51. The Kier molecular flexibility index (Phi) is 6.19. The van der Waals surface area contributed by atoms with Crippen LogP contribution in [0.15, 0.2) is 42.6 Å². The van der Waals surface area contributed by atoms with Crippen LogP contribution < -0.4 is 16.0 Å². The minimum atomic E-state index is -1.00. The van der Waals surface area contributed by atoms with E-state index in [-0.39, 0.29) is 29.9 Å². The number of nitrogens with one attached hydrogen (secondary N) is 4. The first-order valence-electron chi connectivity index (χ1n) is 11.7. The number of fused-ring (bicyclic) bond motifs is 2. The van der Waals surface area contributed by atoms with Crippen LogP contribution in [0.3, 0.4) is 0 Å². The van der Waals surface area contributed by atoms with Gasteiger partial charge in [-0.1, -0.05) is 6.07 Å². The maximum Gasteiger partial charge on any atom is 0.267 e. The lowest BCUT2D eigenvalue weighted by molar-refractivity contribution is -0.136. The first kappa shape index (κ1) is 23.2. The molecule has 11 nitrogen and oxygen atoms in total. The Morgan fingerprint density at radius 2 is 1.89 bits per heavy atom. The first-order chi connectivity index (χ1) is 17.4. The van der Waals surface area contributed by atoms with Crippen molar-refractivity contribution >= 4 is 46.3 Å². The minimum absolute atomic E-state index is 0.0721. The average Bonchev–Trinajstić information content (AvgIpc) is 3.41. The van der Waals surface area contributed by atoms with Gasteiger partial charge in [0.15, 0.2) is 0 Å². The van der Waals surface area contributed by atoms with Gasteiger partial charge in [-0.3, -0.25) is 34.2 Å². The monoisotopic (exact) mass is 488 g/mol. The van der Waals surface area contributed by atoms with Crippen molar-refractivity contribution in [3.63, 3.8) is 0 Å². The smallest absolute Gasteiger partial charge is 0.267 e. The predicted octanol–water partition coefficient (Wildman–Crippen LogP) is 1.59. The number of amides is 5. The van der Waals surface area contributed by atoms with Crippen molar-refractivity contribution in [2.75, 3.05) is 18.4 Å². The van der Waals surface area contributed by atoms with E-state index in [1.54, 1.807) is 30.5 Å². The fraction of sp³-hybridized carbons (Fsp3) is 0.280. The third-order valence-corrected chi connectivity index (χ3v) is 6.31. The van der Waals surface area contributed by atoms with Crippen LogP contribution >= 0.6 is 0 Å². The zero-order valence-electron chi connectivity index (χ0n) is 19.3. The number of anilines is 1. The summed E-state index contributed by atoms with van der Waals surface area (Å²) < 4.78 is 0. The molecule has 1 unspecified atom stereocenters. The normalized spacial score (nSPS) is 17.3. The van der Waals surface area contributed by atoms with Gasteiger partial charge < -0.3 is 15.6 Å². The van der Waals surface area contributed by atoms with Gasteiger partial charge in [-0.15, -0.1) is 0 Å². The highest BCUT2D eigenvalue weighted by Crippen LogP contribution is 2.32. The second kappa shape index (κ2) is 9.61. The van der Waals surface area contributed by atoms with E-state index in [9.17, 15) is 24.0 Å². The number of aromatic amines is 1. The topological polar surface area (TPSA) is 153 Å². The molecule has 1 fully saturated rings. The van der Waals surface area contributed by atoms with Crippen molar-refractivity contribution < 1.29 is 24.0 Å². The number of piperidine rings is 1. The molecule has 3 aromatic rings. The summed E-state index contributed by atoms with van der Waals surface area (Å²) in [5, 5.41) is 9.12. The van der Waals surface area contributed by atoms with Crippen LogP contribution in [0.4, 0.5) is 5.69 Å². The van der Waals surface area contributed by atoms with Crippen LogP contribution in [0.1, 0.15) is 56.9 Å². The summed E-state index contributed by atoms with van der Waals surface area (Å²) in [7, 11) is 0. The highest BCUT2D eigenvalue weighted by atomic mass is 16.2. The molecular formula is C25H24N6O5. The molecule has 5 rings (SSSR count). The zero-order valence-corrected chi connectivity index (χ0v) is 19.3. The average molecular weight is 489 g/mol. The molecule has 184 valence electrons. The number of nitrogens with zero attached hydrogens (tertiary/aromatic N) is 2. The van der Waals surface area contributed by atoms with Crippen LogP contribution in [0.2, 0.25) is 0 Å². The third kappa shape index (κ3) is 4.30. The van der Waals surface area contributed by atoms with Crippen molar-refractivity contribution in [2.24, 2.45) is 0 Å². The van der Waals surface area contributed by atoms with E-state index in [0.717, 1.165) is 10.3 Å². The molecule has 5 amide bonds. The molecule has 0 aliphatic carbocycles. The van der Waals surface area contributed by atoms with E-state index in [1.807, 2.05) is 12.1 Å². The van der Waals surface area contributed by atoms with Gasteiger partial charge in [-0.25, -0.2) is 4.98 Å². The number of H-pyrrole nitrogens is 1. The maximum atomic E-state index is 13.1. The lowest BCUT2D eigenvalue weighted by Crippen LogP contribution is -2.54. The van der Waals surface area contributed by atoms with E-state index in [1.165, 1.54) is 0 Å². The molecule has 2 aliphatic heterocycles. The molecule has 36 heavy (non-hydrogen) atoms. The van der Waals surface area contributed by atoms with E-state index >= 15 is 0 Å². The van der Waals surface area contributed by atoms with Gasteiger partial charge in [-0.05, 0) is 49.6 Å². The molecule has 0 saturated carbocycles. The van der Waals surface area contributed by atoms with Crippen LogP contribution in [0.25, 0.3) is 11.0 Å². The molecule has 0 spiro atoms. The van der Waals surface area contributed by atoms with Crippen molar-refractivity contribution in [3.05, 3.63) is 59.4 Å². The number of aromatic nitrogens is 2. The number of carbonyl (C=O) groups is 5. The second-order valence-electron chi connectivity index (χ2n) is 8.69. The lowest BCUT2D eigenvalue weighted by Gasteiger charge is -2.27. The minimum Gasteiger partial charge on any atom is -0.384 e.